The van der Waals surface area contributed by atoms with Crippen molar-refractivity contribution in [1.29, 1.82) is 0 Å². The van der Waals surface area contributed by atoms with Crippen molar-refractivity contribution in [2.24, 2.45) is 5.73 Å². The SMILES string of the molecule is Cc1cc(-n2c(C)cc3ccccc32)ccc1C(=O)N1CCN(C(=O)C2(N)CC2)CC1. The van der Waals surface area contributed by atoms with Crippen LogP contribution in [0.1, 0.15) is 34.5 Å². The summed E-state index contributed by atoms with van der Waals surface area (Å²) in [5, 5.41) is 1.20. The first-order valence-electron chi connectivity index (χ1n) is 10.9. The highest BCUT2D eigenvalue weighted by Gasteiger charge is 2.48. The molecule has 5 rings (SSSR count). The van der Waals surface area contributed by atoms with Crippen LogP contribution in [0, 0.1) is 13.8 Å². The van der Waals surface area contributed by atoms with Gasteiger partial charge in [-0.1, -0.05) is 18.2 Å². The van der Waals surface area contributed by atoms with Crippen molar-refractivity contribution < 1.29 is 9.59 Å². The Morgan fingerprint density at radius 3 is 2.26 bits per heavy atom. The van der Waals surface area contributed by atoms with Gasteiger partial charge in [-0.25, -0.2) is 0 Å². The van der Waals surface area contributed by atoms with E-state index in [1.165, 1.54) is 5.39 Å². The number of piperazine rings is 1. The number of carbonyl (C=O) groups excluding carboxylic acids is 2. The first-order chi connectivity index (χ1) is 14.9. The Balaban J connectivity index is 1.34. The predicted octanol–water partition coefficient (Wildman–Crippen LogP) is 3.02. The third kappa shape index (κ3) is 3.41. The summed E-state index contributed by atoms with van der Waals surface area (Å²) in [7, 11) is 0. The van der Waals surface area contributed by atoms with Gasteiger partial charge >= 0.3 is 0 Å². The van der Waals surface area contributed by atoms with E-state index in [1.807, 2.05) is 41.0 Å². The van der Waals surface area contributed by atoms with E-state index in [2.05, 4.69) is 35.8 Å². The molecule has 0 unspecified atom stereocenters. The third-order valence-electron chi connectivity index (χ3n) is 6.66. The standard InChI is InChI=1S/C25H28N4O2/c1-17-15-20(29-18(2)16-19-5-3-4-6-22(19)29)7-8-21(17)23(30)27-11-13-28(14-12-27)24(31)25(26)9-10-25/h3-8,15-16H,9-14,26H2,1-2H3. The molecule has 0 bridgehead atoms. The number of benzene rings is 2. The van der Waals surface area contributed by atoms with Crippen LogP contribution in [0.2, 0.25) is 0 Å². The van der Waals surface area contributed by atoms with Gasteiger partial charge in [-0.15, -0.1) is 0 Å². The number of fused-ring (bicyclic) bond motifs is 1. The molecule has 0 atom stereocenters. The van der Waals surface area contributed by atoms with Crippen molar-refractivity contribution in [3.8, 4) is 5.69 Å². The maximum absolute atomic E-state index is 13.2. The van der Waals surface area contributed by atoms with Gasteiger partial charge in [0.25, 0.3) is 5.91 Å². The van der Waals surface area contributed by atoms with E-state index in [-0.39, 0.29) is 11.8 Å². The molecule has 160 valence electrons. The first kappa shape index (κ1) is 19.8. The molecule has 2 heterocycles. The molecule has 2 amide bonds. The van der Waals surface area contributed by atoms with Crippen LogP contribution in [0.4, 0.5) is 0 Å². The van der Waals surface area contributed by atoms with E-state index in [1.54, 1.807) is 0 Å². The molecule has 2 aliphatic rings. The molecule has 1 saturated carbocycles. The molecule has 0 radical (unpaired) electrons. The van der Waals surface area contributed by atoms with Crippen LogP contribution >= 0.6 is 0 Å². The minimum atomic E-state index is -0.640. The normalized spacial score (nSPS) is 17.8. The third-order valence-corrected chi connectivity index (χ3v) is 6.66. The van der Waals surface area contributed by atoms with Gasteiger partial charge in [-0.3, -0.25) is 9.59 Å². The summed E-state index contributed by atoms with van der Waals surface area (Å²) < 4.78 is 2.22. The fourth-order valence-corrected chi connectivity index (χ4v) is 4.61. The minimum Gasteiger partial charge on any atom is -0.338 e. The van der Waals surface area contributed by atoms with Crippen LogP contribution in [-0.4, -0.2) is 57.9 Å². The molecule has 2 fully saturated rings. The predicted molar refractivity (Wildman–Crippen MR) is 121 cm³/mol. The average Bonchev–Trinajstić information content (AvgIpc) is 3.43. The summed E-state index contributed by atoms with van der Waals surface area (Å²) in [5.74, 6) is 0.0635. The summed E-state index contributed by atoms with van der Waals surface area (Å²) in [6.07, 6.45) is 1.54. The van der Waals surface area contributed by atoms with E-state index < -0.39 is 5.54 Å². The van der Waals surface area contributed by atoms with Gasteiger partial charge in [0.1, 0.15) is 0 Å². The van der Waals surface area contributed by atoms with E-state index in [0.717, 1.165) is 40.9 Å². The summed E-state index contributed by atoms with van der Waals surface area (Å²) >= 11 is 0. The lowest BCUT2D eigenvalue weighted by atomic mass is 10.1. The largest absolute Gasteiger partial charge is 0.338 e. The summed E-state index contributed by atoms with van der Waals surface area (Å²) in [4.78, 5) is 29.3. The zero-order valence-electron chi connectivity index (χ0n) is 18.1. The van der Waals surface area contributed by atoms with Crippen LogP contribution in [0.3, 0.4) is 0 Å². The Kier molecular flexibility index (Phi) is 4.63. The van der Waals surface area contributed by atoms with Gasteiger partial charge in [0.2, 0.25) is 5.91 Å². The van der Waals surface area contributed by atoms with Gasteiger partial charge < -0.3 is 20.1 Å². The van der Waals surface area contributed by atoms with Crippen molar-refractivity contribution >= 4 is 22.7 Å². The fraction of sp³-hybridized carbons (Fsp3) is 0.360. The Labute approximate surface area is 182 Å². The number of amides is 2. The van der Waals surface area contributed by atoms with Crippen LogP contribution in [0.25, 0.3) is 16.6 Å². The Hall–Kier alpha value is -3.12. The molecular weight excluding hydrogens is 388 g/mol. The molecule has 31 heavy (non-hydrogen) atoms. The summed E-state index contributed by atoms with van der Waals surface area (Å²) in [5.41, 5.74) is 10.5. The number of aromatic nitrogens is 1. The molecule has 0 spiro atoms. The highest BCUT2D eigenvalue weighted by molar-refractivity contribution is 5.96. The number of hydrogen-bond donors (Lipinski definition) is 1. The molecule has 1 aliphatic heterocycles. The summed E-state index contributed by atoms with van der Waals surface area (Å²) in [6.45, 7) is 6.28. The second kappa shape index (κ2) is 7.24. The van der Waals surface area contributed by atoms with Crippen molar-refractivity contribution in [2.75, 3.05) is 26.2 Å². The zero-order valence-corrected chi connectivity index (χ0v) is 18.1. The van der Waals surface area contributed by atoms with Crippen LogP contribution in [0.15, 0.2) is 48.5 Å². The zero-order chi connectivity index (χ0) is 21.8. The molecule has 1 aromatic heterocycles. The number of para-hydroxylation sites is 1. The highest BCUT2D eigenvalue weighted by atomic mass is 16.2. The lowest BCUT2D eigenvalue weighted by Crippen LogP contribution is -2.55. The van der Waals surface area contributed by atoms with Crippen LogP contribution in [-0.2, 0) is 4.79 Å². The van der Waals surface area contributed by atoms with E-state index in [4.69, 9.17) is 5.73 Å². The smallest absolute Gasteiger partial charge is 0.254 e. The van der Waals surface area contributed by atoms with Crippen LogP contribution in [0.5, 0.6) is 0 Å². The van der Waals surface area contributed by atoms with Gasteiger partial charge in [-0.2, -0.15) is 0 Å². The van der Waals surface area contributed by atoms with Gasteiger partial charge in [-0.05, 0) is 62.6 Å². The topological polar surface area (TPSA) is 71.6 Å². The number of carbonyl (C=O) groups is 2. The lowest BCUT2D eigenvalue weighted by Gasteiger charge is -2.36. The van der Waals surface area contributed by atoms with Crippen molar-refractivity contribution in [3.63, 3.8) is 0 Å². The highest BCUT2D eigenvalue weighted by Crippen LogP contribution is 2.34. The lowest BCUT2D eigenvalue weighted by molar-refractivity contribution is -0.135. The average molecular weight is 417 g/mol. The summed E-state index contributed by atoms with van der Waals surface area (Å²) in [6, 6.07) is 16.5. The molecule has 6 heteroatoms. The van der Waals surface area contributed by atoms with E-state index in [9.17, 15) is 9.59 Å². The van der Waals surface area contributed by atoms with Crippen molar-refractivity contribution in [2.45, 2.75) is 32.2 Å². The minimum absolute atomic E-state index is 0.0270. The van der Waals surface area contributed by atoms with Gasteiger partial charge in [0.05, 0.1) is 11.1 Å². The quantitative estimate of drug-likeness (QED) is 0.713. The second-order valence-corrected chi connectivity index (χ2v) is 8.92. The molecular formula is C25H28N4O2. The number of rotatable bonds is 3. The van der Waals surface area contributed by atoms with Gasteiger partial charge in [0, 0.05) is 48.5 Å². The van der Waals surface area contributed by atoms with Crippen LogP contribution < -0.4 is 5.73 Å². The fourth-order valence-electron chi connectivity index (χ4n) is 4.61. The molecule has 2 N–H and O–H groups in total. The van der Waals surface area contributed by atoms with Crippen molar-refractivity contribution in [3.05, 3.63) is 65.4 Å². The molecule has 2 aromatic carbocycles. The molecule has 6 nitrogen and oxygen atoms in total. The first-order valence-corrected chi connectivity index (χ1v) is 10.9. The second-order valence-electron chi connectivity index (χ2n) is 8.92. The Morgan fingerprint density at radius 1 is 0.903 bits per heavy atom. The monoisotopic (exact) mass is 416 g/mol. The Morgan fingerprint density at radius 2 is 1.58 bits per heavy atom. The van der Waals surface area contributed by atoms with Gasteiger partial charge in [0.15, 0.2) is 0 Å². The maximum atomic E-state index is 13.2. The van der Waals surface area contributed by atoms with Crippen molar-refractivity contribution in [1.82, 2.24) is 14.4 Å². The van der Waals surface area contributed by atoms with E-state index in [0.29, 0.717) is 26.2 Å². The maximum Gasteiger partial charge on any atom is 0.254 e. The molecule has 3 aromatic rings. The number of aryl methyl sites for hydroxylation is 2. The van der Waals surface area contributed by atoms with E-state index >= 15 is 0 Å². The number of nitrogens with zero attached hydrogens (tertiary/aromatic N) is 3. The number of hydrogen-bond acceptors (Lipinski definition) is 3. The number of nitrogens with two attached hydrogens (primary N) is 1. The Bertz CT molecular complexity index is 1180. The molecule has 1 saturated heterocycles. The molecule has 1 aliphatic carbocycles.